The molecule has 0 unspecified atom stereocenters. The highest BCUT2D eigenvalue weighted by atomic mass is 32.2. The lowest BCUT2D eigenvalue weighted by molar-refractivity contribution is 0.675. The Labute approximate surface area is 129 Å². The highest BCUT2D eigenvalue weighted by molar-refractivity contribution is 7.99. The number of nitrogens with zero attached hydrogens (tertiary/aromatic N) is 3. The van der Waals surface area contributed by atoms with Crippen molar-refractivity contribution in [2.75, 3.05) is 0 Å². The van der Waals surface area contributed by atoms with Crippen LogP contribution >= 0.6 is 11.8 Å². The lowest BCUT2D eigenvalue weighted by atomic mass is 10.2. The van der Waals surface area contributed by atoms with Crippen molar-refractivity contribution in [1.82, 2.24) is 20.3 Å². The Morgan fingerprint density at radius 3 is 2.57 bits per heavy atom. The molecule has 0 saturated heterocycles. The summed E-state index contributed by atoms with van der Waals surface area (Å²) in [6, 6.07) is 4.81. The van der Waals surface area contributed by atoms with E-state index in [0.717, 1.165) is 33.7 Å². The summed E-state index contributed by atoms with van der Waals surface area (Å²) in [5, 5.41) is 5.31. The molecular formula is C16H20N4S. The van der Waals surface area contributed by atoms with Gasteiger partial charge in [0.1, 0.15) is 5.03 Å². The Balaban J connectivity index is 1.80. The van der Waals surface area contributed by atoms with E-state index >= 15 is 0 Å². The average molecular weight is 300 g/mol. The average Bonchev–Trinajstić information content (AvgIpc) is 3.28. The third-order valence-corrected chi connectivity index (χ3v) is 4.73. The fraction of sp³-hybridized carbons (Fsp3) is 0.438. The van der Waals surface area contributed by atoms with Crippen LogP contribution in [0.15, 0.2) is 28.5 Å². The number of aromatic nitrogens is 3. The second-order valence-electron chi connectivity index (χ2n) is 5.53. The van der Waals surface area contributed by atoms with Gasteiger partial charge in [0.05, 0.1) is 0 Å². The van der Waals surface area contributed by atoms with Crippen LogP contribution in [0.4, 0.5) is 0 Å². The van der Waals surface area contributed by atoms with E-state index in [9.17, 15) is 0 Å². The van der Waals surface area contributed by atoms with Crippen LogP contribution in [0.25, 0.3) is 0 Å². The lowest BCUT2D eigenvalue weighted by Crippen LogP contribution is -2.16. The van der Waals surface area contributed by atoms with Gasteiger partial charge in [-0.05, 0) is 62.6 Å². The summed E-state index contributed by atoms with van der Waals surface area (Å²) in [6.07, 6.45) is 4.42. The van der Waals surface area contributed by atoms with Gasteiger partial charge in [0.2, 0.25) is 0 Å². The number of pyridine rings is 1. The quantitative estimate of drug-likeness (QED) is 0.859. The van der Waals surface area contributed by atoms with Crippen molar-refractivity contribution in [3.63, 3.8) is 0 Å². The molecule has 5 heteroatoms. The Bertz CT molecular complexity index is 629. The molecule has 0 bridgehead atoms. The van der Waals surface area contributed by atoms with Crippen LogP contribution in [0.2, 0.25) is 0 Å². The second kappa shape index (κ2) is 6.12. The maximum atomic E-state index is 4.57. The number of rotatable bonds is 5. The van der Waals surface area contributed by atoms with Crippen LogP contribution in [0.1, 0.15) is 35.4 Å². The van der Waals surface area contributed by atoms with Crippen molar-refractivity contribution in [2.24, 2.45) is 0 Å². The molecular weight excluding hydrogens is 280 g/mol. The summed E-state index contributed by atoms with van der Waals surface area (Å²) < 4.78 is 0. The van der Waals surface area contributed by atoms with Crippen LogP contribution in [0.5, 0.6) is 0 Å². The van der Waals surface area contributed by atoms with Gasteiger partial charge in [-0.2, -0.15) is 0 Å². The fourth-order valence-corrected chi connectivity index (χ4v) is 2.99. The zero-order chi connectivity index (χ0) is 14.8. The highest BCUT2D eigenvalue weighted by Gasteiger charge is 2.20. The largest absolute Gasteiger partial charge is 0.310 e. The molecule has 4 nitrogen and oxygen atoms in total. The molecule has 0 aliphatic heterocycles. The molecule has 1 N–H and O–H groups in total. The molecule has 1 saturated carbocycles. The minimum atomic E-state index is 0.697. The van der Waals surface area contributed by atoms with E-state index in [2.05, 4.69) is 33.3 Å². The molecule has 1 fully saturated rings. The molecule has 2 aromatic rings. The molecule has 0 spiro atoms. The van der Waals surface area contributed by atoms with Gasteiger partial charge in [-0.25, -0.2) is 15.0 Å². The topological polar surface area (TPSA) is 50.7 Å². The van der Waals surface area contributed by atoms with E-state index in [1.165, 1.54) is 18.4 Å². The minimum Gasteiger partial charge on any atom is -0.310 e. The molecule has 0 radical (unpaired) electrons. The summed E-state index contributed by atoms with van der Waals surface area (Å²) in [6.45, 7) is 6.99. The van der Waals surface area contributed by atoms with Crippen molar-refractivity contribution in [1.29, 1.82) is 0 Å². The summed E-state index contributed by atoms with van der Waals surface area (Å²) in [7, 11) is 0. The second-order valence-corrected chi connectivity index (χ2v) is 6.48. The zero-order valence-corrected chi connectivity index (χ0v) is 13.5. The summed E-state index contributed by atoms with van der Waals surface area (Å²) in [4.78, 5) is 13.6. The SMILES string of the molecule is Cc1nc(Sc2ncccc2CNC2CC2)nc(C)c1C. The third kappa shape index (κ3) is 3.60. The summed E-state index contributed by atoms with van der Waals surface area (Å²) in [5.74, 6) is 0. The third-order valence-electron chi connectivity index (χ3n) is 3.81. The van der Waals surface area contributed by atoms with Crippen molar-refractivity contribution in [2.45, 2.75) is 56.4 Å². The van der Waals surface area contributed by atoms with Crippen molar-refractivity contribution in [3.8, 4) is 0 Å². The first-order valence-electron chi connectivity index (χ1n) is 7.30. The molecule has 2 heterocycles. The standard InChI is InChI=1S/C16H20N4S/c1-10-11(2)19-16(20-12(10)3)21-15-13(5-4-8-17-15)9-18-14-6-7-14/h4-5,8,14,18H,6-7,9H2,1-3H3. The van der Waals surface area contributed by atoms with Gasteiger partial charge in [-0.3, -0.25) is 0 Å². The first-order chi connectivity index (χ1) is 10.1. The molecule has 0 amide bonds. The van der Waals surface area contributed by atoms with Gasteiger partial charge in [0.25, 0.3) is 0 Å². The van der Waals surface area contributed by atoms with Crippen LogP contribution in [-0.2, 0) is 6.54 Å². The molecule has 1 aliphatic rings. The van der Waals surface area contributed by atoms with E-state index in [1.807, 2.05) is 26.1 Å². The Morgan fingerprint density at radius 2 is 1.90 bits per heavy atom. The van der Waals surface area contributed by atoms with Gasteiger partial charge < -0.3 is 5.32 Å². The van der Waals surface area contributed by atoms with Crippen molar-refractivity contribution < 1.29 is 0 Å². The summed E-state index contributed by atoms with van der Waals surface area (Å²) >= 11 is 1.55. The predicted molar refractivity (Wildman–Crippen MR) is 84.5 cm³/mol. The van der Waals surface area contributed by atoms with Gasteiger partial charge in [0.15, 0.2) is 5.16 Å². The van der Waals surface area contributed by atoms with Gasteiger partial charge in [0, 0.05) is 30.2 Å². The van der Waals surface area contributed by atoms with Crippen LogP contribution in [0.3, 0.4) is 0 Å². The molecule has 0 aromatic carbocycles. The molecule has 1 aliphatic carbocycles. The monoisotopic (exact) mass is 300 g/mol. The lowest BCUT2D eigenvalue weighted by Gasteiger charge is -2.10. The predicted octanol–water partition coefficient (Wildman–Crippen LogP) is 3.20. The van der Waals surface area contributed by atoms with Crippen LogP contribution < -0.4 is 5.32 Å². The van der Waals surface area contributed by atoms with Crippen LogP contribution in [0, 0.1) is 20.8 Å². The first-order valence-corrected chi connectivity index (χ1v) is 8.12. The summed E-state index contributed by atoms with van der Waals surface area (Å²) in [5.41, 5.74) is 4.46. The van der Waals surface area contributed by atoms with E-state index in [0.29, 0.717) is 6.04 Å². The first kappa shape index (κ1) is 14.5. The maximum Gasteiger partial charge on any atom is 0.194 e. The van der Waals surface area contributed by atoms with E-state index in [-0.39, 0.29) is 0 Å². The Kier molecular flexibility index (Phi) is 4.22. The normalized spacial score (nSPS) is 14.4. The van der Waals surface area contributed by atoms with E-state index in [1.54, 1.807) is 11.8 Å². The fourth-order valence-electron chi connectivity index (χ4n) is 2.07. The van der Waals surface area contributed by atoms with Crippen molar-refractivity contribution >= 4 is 11.8 Å². The maximum absolute atomic E-state index is 4.57. The number of nitrogens with one attached hydrogen (secondary N) is 1. The van der Waals surface area contributed by atoms with Gasteiger partial charge in [-0.15, -0.1) is 0 Å². The zero-order valence-electron chi connectivity index (χ0n) is 12.7. The smallest absolute Gasteiger partial charge is 0.194 e. The van der Waals surface area contributed by atoms with Crippen molar-refractivity contribution in [3.05, 3.63) is 40.8 Å². The van der Waals surface area contributed by atoms with E-state index < -0.39 is 0 Å². The molecule has 110 valence electrons. The number of hydrogen-bond donors (Lipinski definition) is 1. The number of aryl methyl sites for hydroxylation is 2. The molecule has 0 atom stereocenters. The molecule has 3 rings (SSSR count). The highest BCUT2D eigenvalue weighted by Crippen LogP contribution is 2.28. The Morgan fingerprint density at radius 1 is 1.19 bits per heavy atom. The Hall–Kier alpha value is -1.46. The van der Waals surface area contributed by atoms with Gasteiger partial charge >= 0.3 is 0 Å². The van der Waals surface area contributed by atoms with E-state index in [4.69, 9.17) is 0 Å². The molecule has 2 aromatic heterocycles. The number of hydrogen-bond acceptors (Lipinski definition) is 5. The van der Waals surface area contributed by atoms with Crippen LogP contribution in [-0.4, -0.2) is 21.0 Å². The van der Waals surface area contributed by atoms with Gasteiger partial charge in [-0.1, -0.05) is 6.07 Å². The minimum absolute atomic E-state index is 0.697. The molecule has 21 heavy (non-hydrogen) atoms.